The van der Waals surface area contributed by atoms with Crippen molar-refractivity contribution < 1.29 is 56.8 Å². The topological polar surface area (TPSA) is 292 Å². The Morgan fingerprint density at radius 1 is 1.12 bits per heavy atom. The molecule has 1 saturated heterocycles. The first kappa shape index (κ1) is 32.2. The number of nitrogens with two attached hydrogens (primary N) is 1. The lowest BCUT2D eigenvalue weighted by Crippen LogP contribution is -2.41. The Hall–Kier alpha value is -3.71. The van der Waals surface area contributed by atoms with E-state index in [1.54, 1.807) is 31.3 Å². The molecule has 4 rings (SSSR count). The Labute approximate surface area is 242 Å². The lowest BCUT2D eigenvalue weighted by Gasteiger charge is -2.22. The number of carbonyl (C=O) groups is 2. The summed E-state index contributed by atoms with van der Waals surface area (Å²) in [5.74, 6) is -0.368. The van der Waals surface area contributed by atoms with Crippen molar-refractivity contribution >= 4 is 50.3 Å². The minimum Gasteiger partial charge on any atom is -0.439 e. The minimum absolute atomic E-state index is 0.0172. The van der Waals surface area contributed by atoms with E-state index in [1.807, 2.05) is 0 Å². The Morgan fingerprint density at radius 3 is 2.56 bits per heavy atom. The zero-order chi connectivity index (χ0) is 31.4. The fourth-order valence-electron chi connectivity index (χ4n) is 4.09. The maximum absolute atomic E-state index is 12.7. The summed E-state index contributed by atoms with van der Waals surface area (Å²) < 4.78 is 43.6. The summed E-state index contributed by atoms with van der Waals surface area (Å²) in [5, 5.41) is 18.9. The fourth-order valence-corrected chi connectivity index (χ4v) is 5.69. The van der Waals surface area contributed by atoms with E-state index in [2.05, 4.69) is 39.7 Å². The molecule has 0 spiro atoms. The third-order valence-corrected chi connectivity index (χ3v) is 8.10. The quantitative estimate of drug-likeness (QED) is 0.0905. The number of aromatic nitrogens is 4. The van der Waals surface area contributed by atoms with Crippen molar-refractivity contribution in [2.45, 2.75) is 24.5 Å². The van der Waals surface area contributed by atoms with Gasteiger partial charge in [-0.05, 0) is 12.1 Å². The van der Waals surface area contributed by atoms with E-state index in [9.17, 15) is 28.7 Å². The van der Waals surface area contributed by atoms with Crippen molar-refractivity contribution in [1.82, 2.24) is 30.2 Å². The number of aliphatic hydroxyl groups is 1. The van der Waals surface area contributed by atoms with E-state index in [0.717, 1.165) is 6.33 Å². The van der Waals surface area contributed by atoms with E-state index >= 15 is 0 Å². The summed E-state index contributed by atoms with van der Waals surface area (Å²) in [6, 6.07) is 6.81. The van der Waals surface area contributed by atoms with Gasteiger partial charge in [0.1, 0.15) is 24.1 Å². The Kier molecular flexibility index (Phi) is 9.96. The molecule has 0 aliphatic carbocycles. The zero-order valence-corrected chi connectivity index (χ0v) is 24.0. The molecule has 0 radical (unpaired) electrons. The average Bonchev–Trinajstić information content (AvgIpc) is 3.50. The number of benzene rings is 1. The van der Waals surface area contributed by atoms with Gasteiger partial charge >= 0.3 is 21.7 Å². The van der Waals surface area contributed by atoms with Gasteiger partial charge in [0.25, 0.3) is 5.91 Å². The molecule has 2 amide bonds. The van der Waals surface area contributed by atoms with Gasteiger partial charge in [-0.1, -0.05) is 12.1 Å². The molecule has 1 fully saturated rings. The lowest BCUT2D eigenvalue weighted by atomic mass is 10.1. The number of phosphoric ester groups is 1. The molecule has 0 bridgehead atoms. The predicted octanol–water partition coefficient (Wildman–Crippen LogP) is -0.540. The second-order valence-corrected chi connectivity index (χ2v) is 11.7. The van der Waals surface area contributed by atoms with Crippen LogP contribution >= 0.6 is 15.6 Å². The molecule has 22 heteroatoms. The molecular weight excluding hydrogens is 618 g/mol. The molecule has 9 N–H and O–H groups in total. The van der Waals surface area contributed by atoms with Crippen molar-refractivity contribution in [3.63, 3.8) is 0 Å². The highest BCUT2D eigenvalue weighted by Gasteiger charge is 2.49. The second-order valence-electron chi connectivity index (χ2n) is 8.82. The summed E-state index contributed by atoms with van der Waals surface area (Å²) in [5.41, 5.74) is 7.12. The number of imidazole rings is 1. The van der Waals surface area contributed by atoms with Crippen molar-refractivity contribution in [1.29, 1.82) is 0 Å². The molecule has 0 saturated carbocycles. The van der Waals surface area contributed by atoms with E-state index in [1.165, 1.54) is 10.9 Å². The molecule has 20 nitrogen and oxygen atoms in total. The van der Waals surface area contributed by atoms with Gasteiger partial charge in [0, 0.05) is 25.8 Å². The van der Waals surface area contributed by atoms with Crippen LogP contribution < -0.4 is 21.7 Å². The standard InChI is InChI=1S/C21H28N8O12P2/c1-23-12-5-3-2-4-11(12)19(31)24-6-7-25-21(32)40-16-15(30)13(8-38-43(36,37)41-42(33,34)35)39-20(16)29-10-28-14-17(22)26-9-27-18(14)29/h2-5,9-10,13,15-16,20,23,30H,6-8H2,1H3,(H,24,31)(H,25,32)(H,36,37)(H2,22,26,27)(H2,33,34,35)/t13-,15-,16-,20-/m1/s1. The maximum atomic E-state index is 12.7. The van der Waals surface area contributed by atoms with Crippen LogP contribution in [-0.4, -0.2) is 96.4 Å². The van der Waals surface area contributed by atoms with Gasteiger partial charge in [-0.2, -0.15) is 4.31 Å². The van der Waals surface area contributed by atoms with Crippen molar-refractivity contribution in [3.05, 3.63) is 42.5 Å². The fraction of sp³-hybridized carbons (Fsp3) is 0.381. The number of nitrogen functional groups attached to an aromatic ring is 1. The summed E-state index contributed by atoms with van der Waals surface area (Å²) in [6.07, 6.45) is -4.70. The highest BCUT2D eigenvalue weighted by molar-refractivity contribution is 7.60. The maximum Gasteiger partial charge on any atom is 0.481 e. The first-order valence-corrected chi connectivity index (χ1v) is 15.3. The molecule has 1 aliphatic rings. The van der Waals surface area contributed by atoms with Gasteiger partial charge in [-0.15, -0.1) is 0 Å². The van der Waals surface area contributed by atoms with Gasteiger partial charge < -0.3 is 50.9 Å². The Bertz CT molecular complexity index is 1570. The normalized spacial score (nSPS) is 21.7. The molecule has 2 aromatic heterocycles. The SMILES string of the molecule is CNc1ccccc1C(=O)NCCNC(=O)O[C@@H]1[C@H](O)[C@@H](COP(=O)(O)OP(=O)(O)O)O[C@H]1n1cnc2c(N)ncnc21. The smallest absolute Gasteiger partial charge is 0.439 e. The largest absolute Gasteiger partial charge is 0.481 e. The van der Waals surface area contributed by atoms with Gasteiger partial charge in [0.15, 0.2) is 23.8 Å². The number of carbonyl (C=O) groups excluding carboxylic acids is 2. The molecule has 3 aromatic rings. The Morgan fingerprint density at radius 2 is 1.84 bits per heavy atom. The number of hydrogen-bond acceptors (Lipinski definition) is 14. The monoisotopic (exact) mass is 646 g/mol. The lowest BCUT2D eigenvalue weighted by molar-refractivity contribution is -0.0522. The van der Waals surface area contributed by atoms with Crippen LogP contribution in [0.2, 0.25) is 0 Å². The zero-order valence-electron chi connectivity index (χ0n) is 22.2. The van der Waals surface area contributed by atoms with E-state index < -0.39 is 52.9 Å². The van der Waals surface area contributed by atoms with Crippen LogP contribution in [0.15, 0.2) is 36.9 Å². The number of rotatable bonds is 12. The predicted molar refractivity (Wildman–Crippen MR) is 145 cm³/mol. The molecule has 43 heavy (non-hydrogen) atoms. The van der Waals surface area contributed by atoms with Crippen LogP contribution in [0, 0.1) is 0 Å². The van der Waals surface area contributed by atoms with Crippen LogP contribution in [0.5, 0.6) is 0 Å². The Balaban J connectivity index is 1.43. The minimum atomic E-state index is -5.41. The number of phosphoric acid groups is 2. The number of nitrogens with one attached hydrogen (secondary N) is 3. The van der Waals surface area contributed by atoms with Crippen molar-refractivity contribution in [3.8, 4) is 0 Å². The van der Waals surface area contributed by atoms with Crippen LogP contribution in [0.1, 0.15) is 16.6 Å². The summed E-state index contributed by atoms with van der Waals surface area (Å²) >= 11 is 0. The van der Waals surface area contributed by atoms with Gasteiger partial charge in [-0.3, -0.25) is 13.9 Å². The van der Waals surface area contributed by atoms with E-state index in [-0.39, 0.29) is 36.0 Å². The first-order chi connectivity index (χ1) is 20.3. The van der Waals surface area contributed by atoms with Gasteiger partial charge in [-0.25, -0.2) is 28.9 Å². The number of para-hydroxylation sites is 1. The summed E-state index contributed by atoms with van der Waals surface area (Å²) in [7, 11) is -9.03. The van der Waals surface area contributed by atoms with Crippen LogP contribution in [-0.2, 0) is 27.4 Å². The summed E-state index contributed by atoms with van der Waals surface area (Å²) in [4.78, 5) is 64.3. The van der Waals surface area contributed by atoms with E-state index in [4.69, 9.17) is 25.0 Å². The molecule has 1 aromatic carbocycles. The van der Waals surface area contributed by atoms with Crippen molar-refractivity contribution in [2.75, 3.05) is 37.8 Å². The molecule has 234 valence electrons. The number of aliphatic hydroxyl groups excluding tert-OH is 1. The second kappa shape index (κ2) is 13.3. The number of hydrogen-bond donors (Lipinski definition) is 8. The summed E-state index contributed by atoms with van der Waals surface area (Å²) in [6.45, 7) is -0.974. The van der Waals surface area contributed by atoms with Crippen LogP contribution in [0.4, 0.5) is 16.3 Å². The number of amides is 2. The van der Waals surface area contributed by atoms with E-state index in [0.29, 0.717) is 11.3 Å². The molecule has 1 unspecified atom stereocenters. The number of alkyl carbamates (subject to hydrolysis) is 1. The third kappa shape index (κ3) is 8.02. The molecular formula is C21H28N8O12P2. The molecule has 3 heterocycles. The van der Waals surface area contributed by atoms with Crippen LogP contribution in [0.3, 0.4) is 0 Å². The molecule has 1 aliphatic heterocycles. The number of nitrogens with zero attached hydrogens (tertiary/aromatic N) is 4. The van der Waals surface area contributed by atoms with Crippen LogP contribution in [0.25, 0.3) is 11.2 Å². The highest BCUT2D eigenvalue weighted by atomic mass is 31.3. The first-order valence-electron chi connectivity index (χ1n) is 12.3. The number of ether oxygens (including phenoxy) is 2. The van der Waals surface area contributed by atoms with Gasteiger partial charge in [0.2, 0.25) is 0 Å². The average molecular weight is 646 g/mol. The number of anilines is 2. The van der Waals surface area contributed by atoms with Crippen molar-refractivity contribution in [2.24, 2.45) is 0 Å². The number of fused-ring (bicyclic) bond motifs is 1. The van der Waals surface area contributed by atoms with Gasteiger partial charge in [0.05, 0.1) is 18.5 Å². The third-order valence-electron chi connectivity index (χ3n) is 5.95. The highest BCUT2D eigenvalue weighted by Crippen LogP contribution is 2.57. The molecule has 5 atom stereocenters.